The van der Waals surface area contributed by atoms with Gasteiger partial charge in [0.2, 0.25) is 0 Å². The molecule has 0 bridgehead atoms. The Labute approximate surface area is 70.3 Å². The molecule has 4 nitrogen and oxygen atoms in total. The van der Waals surface area contributed by atoms with Crippen LogP contribution in [0.5, 0.6) is 0 Å². The summed E-state index contributed by atoms with van der Waals surface area (Å²) in [6.45, 7) is 0. The molecule has 5 heteroatoms. The van der Waals surface area contributed by atoms with Gasteiger partial charge in [0, 0.05) is 17.9 Å². The fourth-order valence-electron chi connectivity index (χ4n) is 0.837. The molecule has 1 rings (SSSR count). The quantitative estimate of drug-likeness (QED) is 0.537. The van der Waals surface area contributed by atoms with E-state index >= 15 is 0 Å². The van der Waals surface area contributed by atoms with Gasteiger partial charge in [-0.3, -0.25) is 4.98 Å². The summed E-state index contributed by atoms with van der Waals surface area (Å²) in [7, 11) is -1.52. The van der Waals surface area contributed by atoms with E-state index in [-0.39, 0.29) is 6.42 Å². The number of nitriles is 1. The minimum atomic E-state index is -1.52. The summed E-state index contributed by atoms with van der Waals surface area (Å²) in [5.41, 5.74) is 0.992. The van der Waals surface area contributed by atoms with E-state index < -0.39 is 7.12 Å². The minimum absolute atomic E-state index is 0.230. The molecule has 1 aromatic rings. The first-order chi connectivity index (χ1) is 5.74. The van der Waals surface area contributed by atoms with Crippen LogP contribution in [0.1, 0.15) is 5.56 Å². The van der Waals surface area contributed by atoms with Crippen molar-refractivity contribution in [2.45, 2.75) is 6.42 Å². The van der Waals surface area contributed by atoms with Crippen LogP contribution < -0.4 is 5.46 Å². The average molecular weight is 162 g/mol. The molecule has 0 aromatic carbocycles. The van der Waals surface area contributed by atoms with E-state index in [1.807, 2.05) is 6.07 Å². The Morgan fingerprint density at radius 1 is 1.50 bits per heavy atom. The number of rotatable bonds is 2. The van der Waals surface area contributed by atoms with Gasteiger partial charge in [-0.1, -0.05) is 6.07 Å². The van der Waals surface area contributed by atoms with Crippen LogP contribution in [0.15, 0.2) is 18.5 Å². The maximum atomic E-state index is 8.75. The Morgan fingerprint density at radius 3 is 2.83 bits per heavy atom. The average Bonchev–Trinajstić information content (AvgIpc) is 2.05. The van der Waals surface area contributed by atoms with E-state index in [2.05, 4.69) is 4.98 Å². The molecular weight excluding hydrogens is 155 g/mol. The molecule has 1 aromatic heterocycles. The SMILES string of the molecule is N#CCc1cncc(B(O)O)c1. The highest BCUT2D eigenvalue weighted by Gasteiger charge is 2.10. The third-order valence-electron chi connectivity index (χ3n) is 1.40. The molecule has 0 saturated carbocycles. The Balaban J connectivity index is 2.90. The van der Waals surface area contributed by atoms with Crippen molar-refractivity contribution in [2.75, 3.05) is 0 Å². The molecule has 0 spiro atoms. The first-order valence-corrected chi connectivity index (χ1v) is 3.41. The van der Waals surface area contributed by atoms with Crippen LogP contribution in [0.2, 0.25) is 0 Å². The van der Waals surface area contributed by atoms with Crippen LogP contribution in [0.3, 0.4) is 0 Å². The number of nitrogens with zero attached hydrogens (tertiary/aromatic N) is 2. The van der Waals surface area contributed by atoms with Crippen LogP contribution in [0.4, 0.5) is 0 Å². The van der Waals surface area contributed by atoms with Crippen LogP contribution in [0, 0.1) is 11.3 Å². The van der Waals surface area contributed by atoms with E-state index in [4.69, 9.17) is 15.3 Å². The largest absolute Gasteiger partial charge is 0.490 e. The Kier molecular flexibility index (Phi) is 2.80. The molecule has 0 aliphatic rings. The lowest BCUT2D eigenvalue weighted by Crippen LogP contribution is -2.30. The van der Waals surface area contributed by atoms with Gasteiger partial charge in [-0.15, -0.1) is 0 Å². The summed E-state index contributed by atoms with van der Waals surface area (Å²) in [6.07, 6.45) is 3.11. The van der Waals surface area contributed by atoms with Crippen molar-refractivity contribution >= 4 is 12.6 Å². The van der Waals surface area contributed by atoms with E-state index in [1.54, 1.807) is 6.07 Å². The topological polar surface area (TPSA) is 77.1 Å². The highest BCUT2D eigenvalue weighted by Crippen LogP contribution is 1.94. The van der Waals surface area contributed by atoms with Gasteiger partial charge in [0.25, 0.3) is 0 Å². The second kappa shape index (κ2) is 3.86. The lowest BCUT2D eigenvalue weighted by Gasteiger charge is -1.99. The van der Waals surface area contributed by atoms with Gasteiger partial charge >= 0.3 is 7.12 Å². The van der Waals surface area contributed by atoms with Crippen molar-refractivity contribution in [3.05, 3.63) is 24.0 Å². The van der Waals surface area contributed by atoms with Gasteiger partial charge in [0.1, 0.15) is 0 Å². The summed E-state index contributed by atoms with van der Waals surface area (Å²) in [5, 5.41) is 25.8. The highest BCUT2D eigenvalue weighted by atomic mass is 16.4. The van der Waals surface area contributed by atoms with E-state index in [9.17, 15) is 0 Å². The van der Waals surface area contributed by atoms with Crippen molar-refractivity contribution in [1.29, 1.82) is 5.26 Å². The maximum absolute atomic E-state index is 8.75. The predicted molar refractivity (Wildman–Crippen MR) is 43.4 cm³/mol. The number of hydrogen-bond acceptors (Lipinski definition) is 4. The standard InChI is InChI=1S/C7H7BN2O2/c9-2-1-6-3-7(8(11)12)5-10-4-6/h3-5,11-12H,1H2. The summed E-state index contributed by atoms with van der Waals surface area (Å²) in [4.78, 5) is 3.75. The van der Waals surface area contributed by atoms with Crippen molar-refractivity contribution < 1.29 is 10.0 Å². The van der Waals surface area contributed by atoms with Crippen molar-refractivity contribution in [3.8, 4) is 6.07 Å². The fraction of sp³-hybridized carbons (Fsp3) is 0.143. The minimum Gasteiger partial charge on any atom is -0.423 e. The molecule has 0 fully saturated rings. The predicted octanol–water partition coefficient (Wildman–Crippen LogP) is -1.17. The first-order valence-electron chi connectivity index (χ1n) is 3.41. The molecule has 0 radical (unpaired) electrons. The van der Waals surface area contributed by atoms with E-state index in [0.29, 0.717) is 11.0 Å². The molecule has 1 heterocycles. The number of pyridine rings is 1. The molecule has 12 heavy (non-hydrogen) atoms. The zero-order valence-corrected chi connectivity index (χ0v) is 6.31. The van der Waals surface area contributed by atoms with E-state index in [1.165, 1.54) is 12.4 Å². The smallest absolute Gasteiger partial charge is 0.423 e. The van der Waals surface area contributed by atoms with Crippen LogP contribution in [0.25, 0.3) is 0 Å². The number of aromatic nitrogens is 1. The van der Waals surface area contributed by atoms with Gasteiger partial charge < -0.3 is 10.0 Å². The molecular formula is C7H7BN2O2. The molecule has 60 valence electrons. The van der Waals surface area contributed by atoms with Crippen molar-refractivity contribution in [1.82, 2.24) is 4.98 Å². The molecule has 0 unspecified atom stereocenters. The third-order valence-corrected chi connectivity index (χ3v) is 1.40. The van der Waals surface area contributed by atoms with Crippen LogP contribution in [-0.2, 0) is 6.42 Å². The monoisotopic (exact) mass is 162 g/mol. The second-order valence-corrected chi connectivity index (χ2v) is 2.34. The zero-order chi connectivity index (χ0) is 8.97. The van der Waals surface area contributed by atoms with Crippen molar-refractivity contribution in [2.24, 2.45) is 0 Å². The lowest BCUT2D eigenvalue weighted by atomic mass is 9.81. The normalized spacial score (nSPS) is 9.08. The fourth-order valence-corrected chi connectivity index (χ4v) is 0.837. The summed E-state index contributed by atoms with van der Waals surface area (Å²) >= 11 is 0. The van der Waals surface area contributed by atoms with Gasteiger partial charge in [0.05, 0.1) is 12.5 Å². The third kappa shape index (κ3) is 2.05. The molecule has 0 saturated heterocycles. The summed E-state index contributed by atoms with van der Waals surface area (Å²) in [6, 6.07) is 3.49. The van der Waals surface area contributed by atoms with Gasteiger partial charge in [-0.2, -0.15) is 5.26 Å². The highest BCUT2D eigenvalue weighted by molar-refractivity contribution is 6.58. The molecule has 0 atom stereocenters. The molecule has 0 aliphatic heterocycles. The van der Waals surface area contributed by atoms with Gasteiger partial charge in [-0.25, -0.2) is 0 Å². The molecule has 0 amide bonds. The Hall–Kier alpha value is -1.38. The molecule has 2 N–H and O–H groups in total. The van der Waals surface area contributed by atoms with Gasteiger partial charge in [-0.05, 0) is 5.56 Å². The summed E-state index contributed by atoms with van der Waals surface area (Å²) in [5.74, 6) is 0. The molecule has 0 aliphatic carbocycles. The Bertz CT molecular complexity index is 309. The first kappa shape index (κ1) is 8.72. The van der Waals surface area contributed by atoms with Crippen LogP contribution in [-0.4, -0.2) is 22.2 Å². The van der Waals surface area contributed by atoms with Crippen LogP contribution >= 0.6 is 0 Å². The van der Waals surface area contributed by atoms with E-state index in [0.717, 1.165) is 0 Å². The summed E-state index contributed by atoms with van der Waals surface area (Å²) < 4.78 is 0. The van der Waals surface area contributed by atoms with Crippen molar-refractivity contribution in [3.63, 3.8) is 0 Å². The Morgan fingerprint density at radius 2 is 2.25 bits per heavy atom. The lowest BCUT2D eigenvalue weighted by molar-refractivity contribution is 0.425. The zero-order valence-electron chi connectivity index (χ0n) is 6.31. The maximum Gasteiger partial charge on any atom is 0.490 e. The second-order valence-electron chi connectivity index (χ2n) is 2.34. The number of hydrogen-bond donors (Lipinski definition) is 2. The van der Waals surface area contributed by atoms with Gasteiger partial charge in [0.15, 0.2) is 0 Å².